The summed E-state index contributed by atoms with van der Waals surface area (Å²) in [6, 6.07) is 4.94. The maximum absolute atomic E-state index is 9.63. The van der Waals surface area contributed by atoms with Gasteiger partial charge in [0.15, 0.2) is 0 Å². The van der Waals surface area contributed by atoms with Crippen molar-refractivity contribution in [1.82, 2.24) is 9.55 Å². The van der Waals surface area contributed by atoms with Crippen molar-refractivity contribution in [3.8, 4) is 17.0 Å². The van der Waals surface area contributed by atoms with Crippen LogP contribution in [0.1, 0.15) is 0 Å². The van der Waals surface area contributed by atoms with Gasteiger partial charge in [-0.3, -0.25) is 0 Å². The zero-order valence-electron chi connectivity index (χ0n) is 7.61. The normalized spacial score (nSPS) is 10.4. The van der Waals surface area contributed by atoms with Crippen LogP contribution in [0.2, 0.25) is 5.02 Å². The Bertz CT molecular complexity index is 465. The number of aromatic hydroxyl groups is 1. The number of nitrogens with zero attached hydrogens (tertiary/aromatic N) is 2. The molecule has 0 bridgehead atoms. The second-order valence-corrected chi connectivity index (χ2v) is 3.49. The van der Waals surface area contributed by atoms with E-state index >= 15 is 0 Å². The molecule has 0 saturated carbocycles. The van der Waals surface area contributed by atoms with Crippen LogP contribution < -0.4 is 0 Å². The number of halogens is 1. The lowest BCUT2D eigenvalue weighted by atomic mass is 10.1. The van der Waals surface area contributed by atoms with E-state index in [1.54, 1.807) is 30.7 Å². The first-order valence-electron chi connectivity index (χ1n) is 4.13. The van der Waals surface area contributed by atoms with Gasteiger partial charge in [-0.1, -0.05) is 11.6 Å². The van der Waals surface area contributed by atoms with Gasteiger partial charge in [0, 0.05) is 17.6 Å². The first kappa shape index (κ1) is 9.09. The maximum atomic E-state index is 9.63. The number of hydrogen-bond donors (Lipinski definition) is 1. The highest BCUT2D eigenvalue weighted by Crippen LogP contribution is 2.30. The summed E-state index contributed by atoms with van der Waals surface area (Å²) in [5.41, 5.74) is 1.53. The van der Waals surface area contributed by atoms with Crippen LogP contribution in [-0.4, -0.2) is 14.7 Å². The van der Waals surface area contributed by atoms with E-state index in [4.69, 9.17) is 11.6 Å². The van der Waals surface area contributed by atoms with E-state index in [0.29, 0.717) is 10.6 Å². The number of phenolic OH excluding ortho intramolecular Hbond substituents is 1. The van der Waals surface area contributed by atoms with Crippen molar-refractivity contribution in [3.63, 3.8) is 0 Å². The lowest BCUT2D eigenvalue weighted by Crippen LogP contribution is -1.89. The molecule has 0 fully saturated rings. The molecule has 0 radical (unpaired) electrons. The van der Waals surface area contributed by atoms with Crippen molar-refractivity contribution >= 4 is 11.6 Å². The van der Waals surface area contributed by atoms with Crippen LogP contribution in [0.15, 0.2) is 30.7 Å². The molecule has 1 aromatic carbocycles. The summed E-state index contributed by atoms with van der Waals surface area (Å²) in [7, 11) is 1.86. The number of aryl methyl sites for hydroxylation is 1. The fourth-order valence-corrected chi connectivity index (χ4v) is 1.50. The molecule has 0 aliphatic rings. The average molecular weight is 209 g/mol. The molecule has 1 heterocycles. The van der Waals surface area contributed by atoms with E-state index in [0.717, 1.165) is 5.69 Å². The SMILES string of the molecule is Cn1cncc1-c1cc(Cl)ccc1O. The lowest BCUT2D eigenvalue weighted by molar-refractivity contribution is 0.477. The van der Waals surface area contributed by atoms with Crippen molar-refractivity contribution in [2.24, 2.45) is 7.05 Å². The van der Waals surface area contributed by atoms with E-state index in [2.05, 4.69) is 4.98 Å². The van der Waals surface area contributed by atoms with Crippen molar-refractivity contribution in [3.05, 3.63) is 35.7 Å². The number of imidazole rings is 1. The third kappa shape index (κ3) is 1.46. The van der Waals surface area contributed by atoms with E-state index in [1.807, 2.05) is 11.6 Å². The quantitative estimate of drug-likeness (QED) is 0.782. The van der Waals surface area contributed by atoms with Crippen LogP contribution in [0, 0.1) is 0 Å². The Morgan fingerprint density at radius 2 is 2.21 bits per heavy atom. The molecule has 0 atom stereocenters. The largest absolute Gasteiger partial charge is 0.507 e. The summed E-state index contributed by atoms with van der Waals surface area (Å²) in [5.74, 6) is 0.206. The predicted octanol–water partition coefficient (Wildman–Crippen LogP) is 2.45. The highest BCUT2D eigenvalue weighted by molar-refractivity contribution is 6.30. The van der Waals surface area contributed by atoms with Crippen LogP contribution >= 0.6 is 11.6 Å². The molecule has 2 aromatic rings. The minimum absolute atomic E-state index is 0.206. The molecule has 0 aliphatic carbocycles. The third-order valence-electron chi connectivity index (χ3n) is 2.05. The van der Waals surface area contributed by atoms with Gasteiger partial charge in [0.25, 0.3) is 0 Å². The molecule has 0 spiro atoms. The average Bonchev–Trinajstić information content (AvgIpc) is 2.56. The summed E-state index contributed by atoms with van der Waals surface area (Å²) in [5, 5.41) is 10.2. The monoisotopic (exact) mass is 208 g/mol. The first-order chi connectivity index (χ1) is 6.68. The molecule has 3 nitrogen and oxygen atoms in total. The van der Waals surface area contributed by atoms with Gasteiger partial charge in [-0.25, -0.2) is 4.98 Å². The molecule has 1 N–H and O–H groups in total. The summed E-state index contributed by atoms with van der Waals surface area (Å²) < 4.78 is 1.82. The highest BCUT2D eigenvalue weighted by Gasteiger charge is 2.07. The minimum atomic E-state index is 0.206. The number of phenols is 1. The number of benzene rings is 1. The Morgan fingerprint density at radius 3 is 2.86 bits per heavy atom. The van der Waals surface area contributed by atoms with Gasteiger partial charge in [0.2, 0.25) is 0 Å². The second kappa shape index (κ2) is 3.35. The lowest BCUT2D eigenvalue weighted by Gasteiger charge is -2.05. The summed E-state index contributed by atoms with van der Waals surface area (Å²) in [6.07, 6.45) is 3.36. The number of rotatable bonds is 1. The number of hydrogen-bond acceptors (Lipinski definition) is 2. The molecule has 0 amide bonds. The Balaban J connectivity index is 2.62. The molecule has 4 heteroatoms. The van der Waals surface area contributed by atoms with Gasteiger partial charge >= 0.3 is 0 Å². The van der Waals surface area contributed by atoms with Gasteiger partial charge in [-0.15, -0.1) is 0 Å². The molecule has 14 heavy (non-hydrogen) atoms. The molecule has 0 saturated heterocycles. The van der Waals surface area contributed by atoms with E-state index in [1.165, 1.54) is 0 Å². The summed E-state index contributed by atoms with van der Waals surface area (Å²) >= 11 is 5.85. The van der Waals surface area contributed by atoms with Gasteiger partial charge in [-0.2, -0.15) is 0 Å². The summed E-state index contributed by atoms with van der Waals surface area (Å²) in [6.45, 7) is 0. The topological polar surface area (TPSA) is 38.0 Å². The molecule has 1 aromatic heterocycles. The Kier molecular flexibility index (Phi) is 2.17. The van der Waals surface area contributed by atoms with Gasteiger partial charge in [0.1, 0.15) is 5.75 Å². The molecule has 0 aliphatic heterocycles. The van der Waals surface area contributed by atoms with Crippen molar-refractivity contribution in [2.75, 3.05) is 0 Å². The first-order valence-corrected chi connectivity index (χ1v) is 4.51. The zero-order chi connectivity index (χ0) is 10.1. The highest BCUT2D eigenvalue weighted by atomic mass is 35.5. The minimum Gasteiger partial charge on any atom is -0.507 e. The molecular weight excluding hydrogens is 200 g/mol. The Labute approximate surface area is 86.6 Å². The predicted molar refractivity (Wildman–Crippen MR) is 55.3 cm³/mol. The van der Waals surface area contributed by atoms with E-state index in [9.17, 15) is 5.11 Å². The van der Waals surface area contributed by atoms with Crippen LogP contribution in [0.3, 0.4) is 0 Å². The molecule has 0 unspecified atom stereocenters. The van der Waals surface area contributed by atoms with Gasteiger partial charge < -0.3 is 9.67 Å². The number of aromatic nitrogens is 2. The van der Waals surface area contributed by atoms with Crippen LogP contribution in [0.4, 0.5) is 0 Å². The Morgan fingerprint density at radius 1 is 1.43 bits per heavy atom. The Hall–Kier alpha value is -1.48. The van der Waals surface area contributed by atoms with Crippen LogP contribution in [-0.2, 0) is 7.05 Å². The molecule has 72 valence electrons. The maximum Gasteiger partial charge on any atom is 0.125 e. The van der Waals surface area contributed by atoms with Crippen LogP contribution in [0.5, 0.6) is 5.75 Å². The molecular formula is C10H9ClN2O. The molecule has 2 rings (SSSR count). The summed E-state index contributed by atoms with van der Waals surface area (Å²) in [4.78, 5) is 3.98. The second-order valence-electron chi connectivity index (χ2n) is 3.05. The van der Waals surface area contributed by atoms with Crippen molar-refractivity contribution < 1.29 is 5.11 Å². The van der Waals surface area contributed by atoms with Crippen molar-refractivity contribution in [2.45, 2.75) is 0 Å². The standard InChI is InChI=1S/C10H9ClN2O/c1-13-6-12-5-9(13)8-4-7(11)2-3-10(8)14/h2-6,14H,1H3. The zero-order valence-corrected chi connectivity index (χ0v) is 8.36. The smallest absolute Gasteiger partial charge is 0.125 e. The third-order valence-corrected chi connectivity index (χ3v) is 2.29. The van der Waals surface area contributed by atoms with Crippen molar-refractivity contribution in [1.29, 1.82) is 0 Å². The fourth-order valence-electron chi connectivity index (χ4n) is 1.33. The van der Waals surface area contributed by atoms with Gasteiger partial charge in [-0.05, 0) is 18.2 Å². The van der Waals surface area contributed by atoms with Gasteiger partial charge in [0.05, 0.1) is 18.2 Å². The van der Waals surface area contributed by atoms with Crippen LogP contribution in [0.25, 0.3) is 11.3 Å². The fraction of sp³-hybridized carbons (Fsp3) is 0.100. The van der Waals surface area contributed by atoms with E-state index < -0.39 is 0 Å². The van der Waals surface area contributed by atoms with E-state index in [-0.39, 0.29) is 5.75 Å².